The molecule has 4 rings (SSSR count). The Bertz CT molecular complexity index is 1230. The van der Waals surface area contributed by atoms with Gasteiger partial charge >= 0.3 is 5.69 Å². The first kappa shape index (κ1) is 20.2. The number of rotatable bonds is 7. The molecular formula is C23H20FN5O2. The van der Waals surface area contributed by atoms with Crippen molar-refractivity contribution in [2.24, 2.45) is 0 Å². The first-order chi connectivity index (χ1) is 15.1. The Balaban J connectivity index is 1.75. The van der Waals surface area contributed by atoms with Crippen LogP contribution >= 0.6 is 0 Å². The van der Waals surface area contributed by atoms with Crippen molar-refractivity contribution >= 4 is 33.8 Å². The third kappa shape index (κ3) is 4.13. The van der Waals surface area contributed by atoms with Gasteiger partial charge in [0.25, 0.3) is 0 Å². The lowest BCUT2D eigenvalue weighted by Gasteiger charge is -2.24. The van der Waals surface area contributed by atoms with Crippen molar-refractivity contribution in [3.63, 3.8) is 0 Å². The fourth-order valence-electron chi connectivity index (χ4n) is 3.53. The molecule has 8 heteroatoms. The van der Waals surface area contributed by atoms with Crippen molar-refractivity contribution in [1.29, 1.82) is 0 Å². The zero-order chi connectivity index (χ0) is 21.8. The van der Waals surface area contributed by atoms with E-state index in [9.17, 15) is 14.5 Å². The van der Waals surface area contributed by atoms with E-state index in [0.717, 1.165) is 22.0 Å². The van der Waals surface area contributed by atoms with Gasteiger partial charge in [0.2, 0.25) is 11.6 Å². The van der Waals surface area contributed by atoms with E-state index in [1.54, 1.807) is 12.1 Å². The Hall–Kier alpha value is -4.07. The first-order valence-electron chi connectivity index (χ1n) is 9.81. The van der Waals surface area contributed by atoms with E-state index in [4.69, 9.17) is 0 Å². The third-order valence-corrected chi connectivity index (χ3v) is 4.99. The average Bonchev–Trinajstić information content (AvgIpc) is 2.79. The van der Waals surface area contributed by atoms with Crippen LogP contribution in [0.15, 0.2) is 73.1 Å². The molecule has 0 spiro atoms. The lowest BCUT2D eigenvalue weighted by molar-refractivity contribution is -0.383. The van der Waals surface area contributed by atoms with Gasteiger partial charge in [-0.3, -0.25) is 10.1 Å². The molecule has 0 atom stereocenters. The van der Waals surface area contributed by atoms with Gasteiger partial charge in [-0.05, 0) is 36.1 Å². The minimum Gasteiger partial charge on any atom is -0.360 e. The van der Waals surface area contributed by atoms with E-state index in [-0.39, 0.29) is 29.7 Å². The van der Waals surface area contributed by atoms with Gasteiger partial charge in [0, 0.05) is 18.5 Å². The zero-order valence-electron chi connectivity index (χ0n) is 16.8. The van der Waals surface area contributed by atoms with Crippen LogP contribution in [0.4, 0.5) is 27.4 Å². The van der Waals surface area contributed by atoms with Crippen molar-refractivity contribution < 1.29 is 9.31 Å². The summed E-state index contributed by atoms with van der Waals surface area (Å²) >= 11 is 0. The second-order valence-electron chi connectivity index (χ2n) is 6.87. The van der Waals surface area contributed by atoms with Crippen molar-refractivity contribution in [3.05, 3.63) is 94.6 Å². The molecule has 31 heavy (non-hydrogen) atoms. The quantitative estimate of drug-likeness (QED) is 0.318. The van der Waals surface area contributed by atoms with Crippen LogP contribution in [0.2, 0.25) is 0 Å². The van der Waals surface area contributed by atoms with Gasteiger partial charge in [0.15, 0.2) is 0 Å². The Morgan fingerprint density at radius 1 is 1.03 bits per heavy atom. The largest absolute Gasteiger partial charge is 0.360 e. The van der Waals surface area contributed by atoms with Gasteiger partial charge in [-0.15, -0.1) is 0 Å². The van der Waals surface area contributed by atoms with E-state index in [1.165, 1.54) is 18.5 Å². The predicted molar refractivity (Wildman–Crippen MR) is 119 cm³/mol. The number of nitro groups is 1. The Morgan fingerprint density at radius 2 is 1.77 bits per heavy atom. The molecule has 156 valence electrons. The maximum absolute atomic E-state index is 13.1. The van der Waals surface area contributed by atoms with Crippen LogP contribution in [0.5, 0.6) is 0 Å². The molecule has 0 aliphatic carbocycles. The highest BCUT2D eigenvalue weighted by atomic mass is 19.1. The number of hydrogen-bond donors (Lipinski definition) is 1. The normalized spacial score (nSPS) is 10.8. The second kappa shape index (κ2) is 8.74. The van der Waals surface area contributed by atoms with Crippen LogP contribution in [-0.2, 0) is 6.54 Å². The van der Waals surface area contributed by atoms with Crippen molar-refractivity contribution in [2.45, 2.75) is 13.5 Å². The summed E-state index contributed by atoms with van der Waals surface area (Å²) in [5.74, 6) is -0.0220. The number of nitrogens with zero attached hydrogens (tertiary/aromatic N) is 4. The summed E-state index contributed by atoms with van der Waals surface area (Å²) in [6, 6.07) is 19.6. The molecule has 0 aliphatic heterocycles. The molecule has 0 unspecified atom stereocenters. The van der Waals surface area contributed by atoms with E-state index in [0.29, 0.717) is 6.54 Å². The maximum Gasteiger partial charge on any atom is 0.353 e. The highest BCUT2D eigenvalue weighted by Crippen LogP contribution is 2.38. The Morgan fingerprint density at radius 3 is 2.52 bits per heavy atom. The van der Waals surface area contributed by atoms with Crippen molar-refractivity contribution in [3.8, 4) is 0 Å². The average molecular weight is 417 g/mol. The molecule has 1 N–H and O–H groups in total. The van der Waals surface area contributed by atoms with Crippen LogP contribution in [-0.4, -0.2) is 21.4 Å². The summed E-state index contributed by atoms with van der Waals surface area (Å²) in [5.41, 5.74) is 1.39. The molecule has 4 aromatic rings. The molecular weight excluding hydrogens is 397 g/mol. The lowest BCUT2D eigenvalue weighted by atomic mass is 10.1. The van der Waals surface area contributed by atoms with E-state index in [1.807, 2.05) is 54.3 Å². The molecule has 0 saturated heterocycles. The maximum atomic E-state index is 13.1. The monoisotopic (exact) mass is 417 g/mol. The molecule has 0 bridgehead atoms. The van der Waals surface area contributed by atoms with Gasteiger partial charge in [-0.2, -0.15) is 0 Å². The molecule has 7 nitrogen and oxygen atoms in total. The van der Waals surface area contributed by atoms with Gasteiger partial charge in [-0.25, -0.2) is 14.4 Å². The Kier molecular flexibility index (Phi) is 5.70. The summed E-state index contributed by atoms with van der Waals surface area (Å²) in [6.45, 7) is 2.65. The van der Waals surface area contributed by atoms with Gasteiger partial charge in [0.05, 0.1) is 10.6 Å². The number of fused-ring (bicyclic) bond motifs is 1. The summed E-state index contributed by atoms with van der Waals surface area (Å²) in [7, 11) is 0. The number of hydrogen-bond acceptors (Lipinski definition) is 6. The van der Waals surface area contributed by atoms with Crippen LogP contribution in [0, 0.1) is 15.9 Å². The second-order valence-corrected chi connectivity index (χ2v) is 6.87. The highest BCUT2D eigenvalue weighted by molar-refractivity contribution is 5.96. The fraction of sp³-hybridized carbons (Fsp3) is 0.130. The molecule has 3 aromatic carbocycles. The van der Waals surface area contributed by atoms with Crippen molar-refractivity contribution in [1.82, 2.24) is 9.97 Å². The smallest absolute Gasteiger partial charge is 0.353 e. The van der Waals surface area contributed by atoms with E-state index < -0.39 is 4.92 Å². The molecule has 0 aliphatic rings. The number of anilines is 3. The van der Waals surface area contributed by atoms with Gasteiger partial charge < -0.3 is 10.2 Å². The summed E-state index contributed by atoms with van der Waals surface area (Å²) in [6.07, 6.45) is 1.31. The lowest BCUT2D eigenvalue weighted by Crippen LogP contribution is -2.20. The van der Waals surface area contributed by atoms with E-state index in [2.05, 4.69) is 15.3 Å². The topological polar surface area (TPSA) is 84.2 Å². The van der Waals surface area contributed by atoms with Crippen LogP contribution < -0.4 is 10.2 Å². The molecule has 0 saturated carbocycles. The SMILES string of the molecule is CCN(c1ncnc(NCc2ccc(F)cc2)c1[N+](=O)[O-])c1cccc2ccccc12. The standard InChI is InChI=1S/C23H20FN5O2/c1-2-28(20-9-5-7-17-6-3-4-8-19(17)20)23-21(29(30)31)22(26-15-27-23)25-14-16-10-12-18(24)13-11-16/h3-13,15H,2,14H2,1H3,(H,25,26,27). The zero-order valence-corrected chi connectivity index (χ0v) is 16.8. The number of benzene rings is 3. The van der Waals surface area contributed by atoms with Gasteiger partial charge in [0.1, 0.15) is 12.1 Å². The highest BCUT2D eigenvalue weighted by Gasteiger charge is 2.28. The van der Waals surface area contributed by atoms with Crippen molar-refractivity contribution in [2.75, 3.05) is 16.8 Å². The van der Waals surface area contributed by atoms with Crippen LogP contribution in [0.1, 0.15) is 12.5 Å². The third-order valence-electron chi connectivity index (χ3n) is 4.99. The summed E-state index contributed by atoms with van der Waals surface area (Å²) in [5, 5.41) is 17.0. The minimum atomic E-state index is -0.476. The summed E-state index contributed by atoms with van der Waals surface area (Å²) < 4.78 is 13.1. The fourth-order valence-corrected chi connectivity index (χ4v) is 3.53. The van der Waals surface area contributed by atoms with Crippen LogP contribution in [0.3, 0.4) is 0 Å². The molecule has 1 heterocycles. The molecule has 0 radical (unpaired) electrons. The minimum absolute atomic E-state index is 0.109. The molecule has 1 aromatic heterocycles. The number of halogens is 1. The Labute approximate surface area is 178 Å². The van der Waals surface area contributed by atoms with Gasteiger partial charge in [-0.1, -0.05) is 48.5 Å². The van der Waals surface area contributed by atoms with E-state index >= 15 is 0 Å². The number of nitrogens with one attached hydrogen (secondary N) is 1. The number of aromatic nitrogens is 2. The first-order valence-corrected chi connectivity index (χ1v) is 9.81. The van der Waals surface area contributed by atoms with Crippen LogP contribution in [0.25, 0.3) is 10.8 Å². The molecule has 0 amide bonds. The predicted octanol–water partition coefficient (Wildman–Crippen LogP) is 5.45. The molecule has 0 fully saturated rings. The summed E-state index contributed by atoms with van der Waals surface area (Å²) in [4.78, 5) is 21.7.